The zero-order valence-electron chi connectivity index (χ0n) is 30.8. The molecular weight excluding hydrogens is 695 g/mol. The van der Waals surface area contributed by atoms with Gasteiger partial charge in [-0.1, -0.05) is 133 Å². The summed E-state index contributed by atoms with van der Waals surface area (Å²) in [4.78, 5) is 0. The van der Waals surface area contributed by atoms with E-state index >= 15 is 0 Å². The number of aromatic nitrogens is 1. The maximum atomic E-state index is 6.80. The smallest absolute Gasteiger partial charge is 0.147 e. The molecule has 0 amide bonds. The first-order valence-electron chi connectivity index (χ1n) is 19.4. The van der Waals surface area contributed by atoms with Gasteiger partial charge in [-0.25, -0.2) is 0 Å². The molecule has 0 radical (unpaired) electrons. The van der Waals surface area contributed by atoms with E-state index in [0.717, 1.165) is 77.4 Å². The Morgan fingerprint density at radius 3 is 1.14 bits per heavy atom. The molecule has 0 N–H and O–H groups in total. The van der Waals surface area contributed by atoms with Crippen LogP contribution in [0.5, 0.6) is 0 Å². The Labute approximate surface area is 328 Å². The quantitative estimate of drug-likeness (QED) is 0.177. The first-order chi connectivity index (χ1) is 28.2. The Morgan fingerprint density at radius 1 is 0.281 bits per heavy atom. The van der Waals surface area contributed by atoms with Gasteiger partial charge in [0.25, 0.3) is 0 Å². The van der Waals surface area contributed by atoms with E-state index < -0.39 is 0 Å². The van der Waals surface area contributed by atoms with Crippen molar-refractivity contribution in [3.05, 3.63) is 200 Å². The molecule has 0 spiro atoms. The summed E-state index contributed by atoms with van der Waals surface area (Å²) in [6, 6.07) is 71.4. The zero-order chi connectivity index (χ0) is 37.5. The van der Waals surface area contributed by atoms with E-state index in [9.17, 15) is 0 Å². The molecule has 3 heterocycles. The lowest BCUT2D eigenvalue weighted by Gasteiger charge is -2.08. The Bertz CT molecular complexity index is 3480. The van der Waals surface area contributed by atoms with Crippen molar-refractivity contribution in [3.8, 4) is 50.2 Å². The first-order valence-corrected chi connectivity index (χ1v) is 19.4. The summed E-state index contributed by atoms with van der Waals surface area (Å²) in [5.74, 6) is 0. The van der Waals surface area contributed by atoms with Crippen molar-refractivity contribution in [1.82, 2.24) is 4.57 Å². The van der Waals surface area contributed by atoms with E-state index in [1.165, 1.54) is 38.5 Å². The molecule has 3 aromatic heterocycles. The molecule has 0 aliphatic rings. The van der Waals surface area contributed by atoms with E-state index in [4.69, 9.17) is 8.83 Å². The van der Waals surface area contributed by atoms with Crippen molar-refractivity contribution < 1.29 is 8.83 Å². The fourth-order valence-electron chi connectivity index (χ4n) is 8.86. The monoisotopic (exact) mass is 727 g/mol. The van der Waals surface area contributed by atoms with Crippen molar-refractivity contribution in [1.29, 1.82) is 0 Å². The Balaban J connectivity index is 1.09. The van der Waals surface area contributed by atoms with Gasteiger partial charge in [-0.15, -0.1) is 0 Å². The number of nitrogens with zero attached hydrogens (tertiary/aromatic N) is 1. The summed E-state index contributed by atoms with van der Waals surface area (Å²) >= 11 is 0. The average molecular weight is 728 g/mol. The van der Waals surface area contributed by atoms with Gasteiger partial charge in [0, 0.05) is 38.0 Å². The van der Waals surface area contributed by atoms with Crippen molar-refractivity contribution >= 4 is 65.7 Å². The molecule has 0 saturated carbocycles. The van der Waals surface area contributed by atoms with E-state index in [2.05, 4.69) is 199 Å². The molecule has 12 aromatic rings. The molecule has 3 nitrogen and oxygen atoms in total. The number of para-hydroxylation sites is 1. The zero-order valence-corrected chi connectivity index (χ0v) is 30.8. The lowest BCUT2D eigenvalue weighted by atomic mass is 9.96. The summed E-state index contributed by atoms with van der Waals surface area (Å²) in [6.07, 6.45) is 0. The molecule has 0 bridgehead atoms. The predicted molar refractivity (Wildman–Crippen MR) is 237 cm³/mol. The van der Waals surface area contributed by atoms with Crippen LogP contribution in [0, 0.1) is 0 Å². The Hall–Kier alpha value is -7.62. The molecule has 0 fully saturated rings. The van der Waals surface area contributed by atoms with Gasteiger partial charge in [-0.3, -0.25) is 0 Å². The third-order valence-corrected chi connectivity index (χ3v) is 11.6. The Kier molecular flexibility index (Phi) is 6.93. The molecule has 0 aliphatic carbocycles. The number of rotatable bonds is 5. The Morgan fingerprint density at radius 2 is 0.667 bits per heavy atom. The van der Waals surface area contributed by atoms with E-state index in [1.54, 1.807) is 0 Å². The highest BCUT2D eigenvalue weighted by molar-refractivity contribution is 6.22. The minimum atomic E-state index is 0.831. The topological polar surface area (TPSA) is 31.2 Å². The second-order valence-electron chi connectivity index (χ2n) is 14.9. The molecule has 9 aromatic carbocycles. The second kappa shape index (κ2) is 12.5. The maximum absolute atomic E-state index is 6.80. The van der Waals surface area contributed by atoms with E-state index in [0.29, 0.717) is 0 Å². The van der Waals surface area contributed by atoms with E-state index in [1.807, 2.05) is 6.07 Å². The van der Waals surface area contributed by atoms with Gasteiger partial charge in [0.1, 0.15) is 22.3 Å². The highest BCUT2D eigenvalue weighted by Crippen LogP contribution is 2.46. The number of hydrogen-bond acceptors (Lipinski definition) is 2. The molecule has 57 heavy (non-hydrogen) atoms. The van der Waals surface area contributed by atoms with Crippen LogP contribution >= 0.6 is 0 Å². The summed E-state index contributed by atoms with van der Waals surface area (Å²) in [5.41, 5.74) is 16.0. The van der Waals surface area contributed by atoms with Crippen molar-refractivity contribution in [3.63, 3.8) is 0 Å². The van der Waals surface area contributed by atoms with Crippen LogP contribution in [0.15, 0.2) is 209 Å². The third-order valence-electron chi connectivity index (χ3n) is 11.6. The fraction of sp³-hybridized carbons (Fsp3) is 0. The number of hydrogen-bond donors (Lipinski definition) is 0. The lowest BCUT2D eigenvalue weighted by Crippen LogP contribution is -1.93. The normalized spacial score (nSPS) is 11.9. The van der Waals surface area contributed by atoms with Gasteiger partial charge in [0.05, 0.1) is 16.6 Å². The number of fused-ring (bicyclic) bond motifs is 9. The van der Waals surface area contributed by atoms with Crippen molar-refractivity contribution in [2.45, 2.75) is 0 Å². The molecule has 3 heteroatoms. The highest BCUT2D eigenvalue weighted by Gasteiger charge is 2.22. The van der Waals surface area contributed by atoms with Crippen LogP contribution < -0.4 is 0 Å². The van der Waals surface area contributed by atoms with Gasteiger partial charge >= 0.3 is 0 Å². The minimum absolute atomic E-state index is 0.831. The van der Waals surface area contributed by atoms with Gasteiger partial charge in [0.2, 0.25) is 0 Å². The fourth-order valence-corrected chi connectivity index (χ4v) is 8.86. The van der Waals surface area contributed by atoms with Crippen molar-refractivity contribution in [2.75, 3.05) is 0 Å². The largest absolute Gasteiger partial charge is 0.455 e. The standard InChI is InChI=1S/C54H33NO2/c1-5-13-34(14-6-1)37-21-25-48-42(29-37)43-30-39(22-26-49(43)55(48)41-19-11-4-12-20-41)40-24-28-51-45(32-40)47-33-46-44-31-38(35-15-7-2-8-16-35)23-27-50(44)56-53(46)52(54(47)57-51)36-17-9-3-10-18-36/h1-33H. The molecule has 0 atom stereocenters. The highest BCUT2D eigenvalue weighted by atomic mass is 16.3. The SMILES string of the molecule is c1ccc(-c2ccc3oc4c(-c5ccccc5)c5oc6ccc(-c7ccc8c(c7)c7cc(-c9ccccc9)ccc7n8-c7ccccc7)cc6c5cc4c3c2)cc1. The molecule has 12 rings (SSSR count). The van der Waals surface area contributed by atoms with Crippen LogP contribution in [0.4, 0.5) is 0 Å². The van der Waals surface area contributed by atoms with Crippen LogP contribution in [-0.2, 0) is 0 Å². The summed E-state index contributed by atoms with van der Waals surface area (Å²) in [6.45, 7) is 0. The molecule has 0 saturated heterocycles. The van der Waals surface area contributed by atoms with Crippen LogP contribution in [0.25, 0.3) is 116 Å². The van der Waals surface area contributed by atoms with Crippen LogP contribution in [-0.4, -0.2) is 4.57 Å². The molecule has 0 unspecified atom stereocenters. The average Bonchev–Trinajstić information content (AvgIpc) is 3.95. The molecule has 266 valence electrons. The van der Waals surface area contributed by atoms with E-state index in [-0.39, 0.29) is 0 Å². The van der Waals surface area contributed by atoms with Crippen molar-refractivity contribution in [2.24, 2.45) is 0 Å². The van der Waals surface area contributed by atoms with Gasteiger partial charge < -0.3 is 13.4 Å². The van der Waals surface area contributed by atoms with Crippen LogP contribution in [0.2, 0.25) is 0 Å². The van der Waals surface area contributed by atoms with Crippen LogP contribution in [0.3, 0.4) is 0 Å². The summed E-state index contributed by atoms with van der Waals surface area (Å²) < 4.78 is 15.9. The first kappa shape index (κ1) is 31.7. The van der Waals surface area contributed by atoms with Crippen LogP contribution in [0.1, 0.15) is 0 Å². The second-order valence-corrected chi connectivity index (χ2v) is 14.9. The summed E-state index contributed by atoms with van der Waals surface area (Å²) in [5, 5.41) is 6.75. The predicted octanol–water partition coefficient (Wildman–Crippen LogP) is 15.3. The minimum Gasteiger partial charge on any atom is -0.455 e. The van der Waals surface area contributed by atoms with Gasteiger partial charge in [-0.2, -0.15) is 0 Å². The summed E-state index contributed by atoms with van der Waals surface area (Å²) in [7, 11) is 0. The third kappa shape index (κ3) is 4.99. The number of benzene rings is 9. The molecular formula is C54H33NO2. The van der Waals surface area contributed by atoms with Gasteiger partial charge in [0.15, 0.2) is 0 Å². The lowest BCUT2D eigenvalue weighted by molar-refractivity contribution is 0.658. The number of furan rings is 2. The maximum Gasteiger partial charge on any atom is 0.147 e. The van der Waals surface area contributed by atoms with Gasteiger partial charge in [-0.05, 0) is 106 Å². The molecule has 0 aliphatic heterocycles.